The predicted octanol–water partition coefficient (Wildman–Crippen LogP) is 2.63. The summed E-state index contributed by atoms with van der Waals surface area (Å²) in [5.74, 6) is 0.750. The van der Waals surface area contributed by atoms with E-state index < -0.39 is 5.54 Å². The molecule has 0 radical (unpaired) electrons. The summed E-state index contributed by atoms with van der Waals surface area (Å²) in [6.45, 7) is 16.2. The minimum Gasteiger partial charge on any atom is -0.300 e. The number of likely N-dealkylation sites (tertiary alicyclic amines) is 1. The highest BCUT2D eigenvalue weighted by Crippen LogP contribution is 2.33. The Labute approximate surface area is 113 Å². The van der Waals surface area contributed by atoms with E-state index in [0.717, 1.165) is 25.6 Å². The van der Waals surface area contributed by atoms with Crippen LogP contribution in [-0.4, -0.2) is 36.1 Å². The summed E-state index contributed by atoms with van der Waals surface area (Å²) in [6.07, 6.45) is 1.26. The molecule has 0 saturated carbocycles. The van der Waals surface area contributed by atoms with E-state index in [1.54, 1.807) is 0 Å². The zero-order chi connectivity index (χ0) is 14.0. The monoisotopic (exact) mass is 251 g/mol. The zero-order valence-electron chi connectivity index (χ0n) is 12.9. The van der Waals surface area contributed by atoms with Crippen molar-refractivity contribution in [2.45, 2.75) is 59.5 Å². The van der Waals surface area contributed by atoms with Crippen LogP contribution in [0.4, 0.5) is 0 Å². The van der Waals surface area contributed by atoms with Crippen molar-refractivity contribution in [1.29, 1.82) is 5.26 Å². The number of nitrogens with one attached hydrogen (secondary N) is 1. The van der Waals surface area contributed by atoms with Crippen molar-refractivity contribution in [3.05, 3.63) is 0 Å². The minimum absolute atomic E-state index is 0.343. The lowest BCUT2D eigenvalue weighted by atomic mass is 9.80. The Morgan fingerprint density at radius 3 is 2.33 bits per heavy atom. The van der Waals surface area contributed by atoms with Crippen LogP contribution >= 0.6 is 0 Å². The quantitative estimate of drug-likeness (QED) is 0.835. The Balaban J connectivity index is 2.56. The molecule has 2 atom stereocenters. The van der Waals surface area contributed by atoms with Gasteiger partial charge in [0.05, 0.1) is 6.07 Å². The van der Waals surface area contributed by atoms with Gasteiger partial charge in [0.25, 0.3) is 0 Å². The molecule has 0 aromatic heterocycles. The van der Waals surface area contributed by atoms with Crippen LogP contribution in [0.1, 0.15) is 48.0 Å². The third-order valence-corrected chi connectivity index (χ3v) is 3.89. The zero-order valence-corrected chi connectivity index (χ0v) is 12.9. The molecule has 1 heterocycles. The number of rotatable bonds is 4. The maximum atomic E-state index is 9.38. The van der Waals surface area contributed by atoms with Crippen molar-refractivity contribution in [1.82, 2.24) is 10.2 Å². The molecule has 1 rings (SSSR count). The van der Waals surface area contributed by atoms with Crippen LogP contribution in [0.15, 0.2) is 0 Å². The average molecular weight is 251 g/mol. The molecule has 1 saturated heterocycles. The van der Waals surface area contributed by atoms with Crippen LogP contribution < -0.4 is 5.32 Å². The van der Waals surface area contributed by atoms with E-state index in [9.17, 15) is 5.26 Å². The molecule has 2 unspecified atom stereocenters. The number of nitriles is 1. The standard InChI is InChI=1S/C15H29N3/c1-12(2)17-15(6,10-16)11-18-8-7-13(9-18)14(3,4)5/h12-13,17H,7-9,11H2,1-6H3. The van der Waals surface area contributed by atoms with Gasteiger partial charge in [0, 0.05) is 19.1 Å². The van der Waals surface area contributed by atoms with Gasteiger partial charge in [-0.15, -0.1) is 0 Å². The van der Waals surface area contributed by atoms with Gasteiger partial charge >= 0.3 is 0 Å². The lowest BCUT2D eigenvalue weighted by molar-refractivity contribution is 0.205. The van der Waals surface area contributed by atoms with Crippen LogP contribution in [-0.2, 0) is 0 Å². The average Bonchev–Trinajstić information content (AvgIpc) is 2.64. The molecule has 0 spiro atoms. The SMILES string of the molecule is CC(C)NC(C)(C#N)CN1CCC(C(C)(C)C)C1. The fraction of sp³-hybridized carbons (Fsp3) is 0.933. The molecule has 104 valence electrons. The molecular formula is C15H29N3. The molecule has 3 nitrogen and oxygen atoms in total. The number of nitrogens with zero attached hydrogens (tertiary/aromatic N) is 2. The molecule has 3 heteroatoms. The van der Waals surface area contributed by atoms with E-state index in [4.69, 9.17) is 0 Å². The van der Waals surface area contributed by atoms with Gasteiger partial charge in [-0.1, -0.05) is 20.8 Å². The fourth-order valence-electron chi connectivity index (χ4n) is 2.88. The molecule has 0 aliphatic carbocycles. The Kier molecular flexibility index (Phi) is 4.80. The summed E-state index contributed by atoms with van der Waals surface area (Å²) in [5.41, 5.74) is -0.0514. The van der Waals surface area contributed by atoms with Crippen LogP contribution in [0, 0.1) is 22.7 Å². The first-order chi connectivity index (χ1) is 8.16. The van der Waals surface area contributed by atoms with E-state index in [-0.39, 0.29) is 0 Å². The highest BCUT2D eigenvalue weighted by atomic mass is 15.2. The van der Waals surface area contributed by atoms with Crippen molar-refractivity contribution >= 4 is 0 Å². The Bertz CT molecular complexity index is 311. The maximum Gasteiger partial charge on any atom is 0.116 e. The van der Waals surface area contributed by atoms with Gasteiger partial charge in [0.2, 0.25) is 0 Å². The molecule has 0 bridgehead atoms. The second-order valence-corrected chi connectivity index (χ2v) is 7.33. The lowest BCUT2D eigenvalue weighted by Gasteiger charge is -2.32. The summed E-state index contributed by atoms with van der Waals surface area (Å²) in [5, 5.41) is 12.8. The van der Waals surface area contributed by atoms with Crippen LogP contribution in [0.2, 0.25) is 0 Å². The van der Waals surface area contributed by atoms with Gasteiger partial charge < -0.3 is 4.90 Å². The Hall–Kier alpha value is -0.590. The van der Waals surface area contributed by atoms with Crippen molar-refractivity contribution < 1.29 is 0 Å². The van der Waals surface area contributed by atoms with E-state index in [2.05, 4.69) is 50.9 Å². The number of hydrogen-bond acceptors (Lipinski definition) is 3. The maximum absolute atomic E-state index is 9.38. The molecule has 1 aliphatic heterocycles. The smallest absolute Gasteiger partial charge is 0.116 e. The van der Waals surface area contributed by atoms with Gasteiger partial charge in [-0.3, -0.25) is 5.32 Å². The highest BCUT2D eigenvalue weighted by molar-refractivity contribution is 5.07. The molecule has 18 heavy (non-hydrogen) atoms. The molecule has 0 aromatic carbocycles. The third-order valence-electron chi connectivity index (χ3n) is 3.89. The van der Waals surface area contributed by atoms with Crippen molar-refractivity contribution in [3.8, 4) is 6.07 Å². The normalized spacial score (nSPS) is 25.1. The van der Waals surface area contributed by atoms with Gasteiger partial charge in [-0.05, 0) is 45.1 Å². The second-order valence-electron chi connectivity index (χ2n) is 7.33. The Morgan fingerprint density at radius 2 is 1.94 bits per heavy atom. The van der Waals surface area contributed by atoms with Gasteiger partial charge in [0.15, 0.2) is 0 Å². The van der Waals surface area contributed by atoms with Crippen LogP contribution in [0.5, 0.6) is 0 Å². The molecular weight excluding hydrogens is 222 g/mol. The van der Waals surface area contributed by atoms with Crippen molar-refractivity contribution in [2.75, 3.05) is 19.6 Å². The lowest BCUT2D eigenvalue weighted by Crippen LogP contribution is -2.52. The fourth-order valence-corrected chi connectivity index (χ4v) is 2.88. The minimum atomic E-state index is -0.430. The Morgan fingerprint density at radius 1 is 1.33 bits per heavy atom. The number of hydrogen-bond donors (Lipinski definition) is 1. The van der Waals surface area contributed by atoms with Gasteiger partial charge in [-0.25, -0.2) is 0 Å². The molecule has 0 aromatic rings. The first-order valence-corrected chi connectivity index (χ1v) is 7.07. The summed E-state index contributed by atoms with van der Waals surface area (Å²) < 4.78 is 0. The van der Waals surface area contributed by atoms with Crippen LogP contribution in [0.25, 0.3) is 0 Å². The summed E-state index contributed by atoms with van der Waals surface area (Å²) in [4.78, 5) is 2.44. The topological polar surface area (TPSA) is 39.1 Å². The van der Waals surface area contributed by atoms with Crippen molar-refractivity contribution in [3.63, 3.8) is 0 Å². The van der Waals surface area contributed by atoms with Gasteiger partial charge in [0.1, 0.15) is 5.54 Å². The van der Waals surface area contributed by atoms with E-state index in [0.29, 0.717) is 11.5 Å². The van der Waals surface area contributed by atoms with Crippen LogP contribution in [0.3, 0.4) is 0 Å². The molecule has 1 fully saturated rings. The predicted molar refractivity (Wildman–Crippen MR) is 76.3 cm³/mol. The van der Waals surface area contributed by atoms with E-state index >= 15 is 0 Å². The van der Waals surface area contributed by atoms with Gasteiger partial charge in [-0.2, -0.15) is 5.26 Å². The molecule has 0 amide bonds. The molecule has 1 aliphatic rings. The van der Waals surface area contributed by atoms with E-state index in [1.807, 2.05) is 6.92 Å². The molecule has 1 N–H and O–H groups in total. The first kappa shape index (κ1) is 15.5. The third kappa shape index (κ3) is 4.26. The summed E-state index contributed by atoms with van der Waals surface area (Å²) in [7, 11) is 0. The first-order valence-electron chi connectivity index (χ1n) is 7.07. The second kappa shape index (κ2) is 5.59. The highest BCUT2D eigenvalue weighted by Gasteiger charge is 2.35. The largest absolute Gasteiger partial charge is 0.300 e. The van der Waals surface area contributed by atoms with Crippen molar-refractivity contribution in [2.24, 2.45) is 11.3 Å². The summed E-state index contributed by atoms with van der Waals surface area (Å²) >= 11 is 0. The summed E-state index contributed by atoms with van der Waals surface area (Å²) in [6, 6.07) is 2.78. The van der Waals surface area contributed by atoms with E-state index in [1.165, 1.54) is 6.42 Å².